The summed E-state index contributed by atoms with van der Waals surface area (Å²) in [6.45, 7) is 1.49. The average Bonchev–Trinajstić information content (AvgIpc) is 2.98. The SMILES string of the molecule is COC(=O)c1cccc(NC(=O)c2n[nH]c3c2CNCC3)c1.Cl. The molecule has 2 heterocycles. The second kappa shape index (κ2) is 7.26. The molecule has 3 rings (SSSR count). The standard InChI is InChI=1S/C15H16N4O3.ClH/c1-22-15(21)9-3-2-4-10(7-9)17-14(20)13-11-8-16-6-5-12(11)18-19-13;/h2-4,7,16H,5-6,8H2,1H3,(H,17,20)(H,18,19);1H. The highest BCUT2D eigenvalue weighted by Crippen LogP contribution is 2.18. The van der Waals surface area contributed by atoms with Gasteiger partial charge in [-0.3, -0.25) is 9.89 Å². The summed E-state index contributed by atoms with van der Waals surface area (Å²) in [5, 5.41) is 13.0. The largest absolute Gasteiger partial charge is 0.465 e. The van der Waals surface area contributed by atoms with Crippen LogP contribution in [0.15, 0.2) is 24.3 Å². The van der Waals surface area contributed by atoms with Crippen molar-refractivity contribution in [1.82, 2.24) is 15.5 Å². The van der Waals surface area contributed by atoms with Gasteiger partial charge in [-0.15, -0.1) is 12.4 Å². The van der Waals surface area contributed by atoms with Gasteiger partial charge in [-0.1, -0.05) is 6.07 Å². The molecule has 0 unspecified atom stereocenters. The zero-order chi connectivity index (χ0) is 15.5. The third-order valence-corrected chi connectivity index (χ3v) is 3.56. The molecule has 1 aliphatic heterocycles. The molecule has 0 bridgehead atoms. The molecule has 8 heteroatoms. The molecule has 23 heavy (non-hydrogen) atoms. The van der Waals surface area contributed by atoms with Crippen LogP contribution in [0, 0.1) is 0 Å². The maximum atomic E-state index is 12.4. The lowest BCUT2D eigenvalue weighted by Gasteiger charge is -2.13. The smallest absolute Gasteiger partial charge is 0.337 e. The molecule has 0 saturated carbocycles. The van der Waals surface area contributed by atoms with Crippen LogP contribution in [0.2, 0.25) is 0 Å². The fourth-order valence-electron chi connectivity index (χ4n) is 2.45. The molecule has 2 aromatic rings. The Labute approximate surface area is 139 Å². The van der Waals surface area contributed by atoms with Gasteiger partial charge in [0.25, 0.3) is 5.91 Å². The maximum absolute atomic E-state index is 12.4. The number of carbonyl (C=O) groups excluding carboxylic acids is 2. The number of fused-ring (bicyclic) bond motifs is 1. The van der Waals surface area contributed by atoms with Crippen molar-refractivity contribution < 1.29 is 14.3 Å². The Balaban J connectivity index is 0.00000192. The van der Waals surface area contributed by atoms with Gasteiger partial charge in [0.05, 0.1) is 12.7 Å². The first-order valence-electron chi connectivity index (χ1n) is 6.95. The normalized spacial score (nSPS) is 12.7. The topological polar surface area (TPSA) is 96.1 Å². The second-order valence-corrected chi connectivity index (χ2v) is 4.98. The van der Waals surface area contributed by atoms with Crippen molar-refractivity contribution in [3.63, 3.8) is 0 Å². The molecule has 3 N–H and O–H groups in total. The molecule has 0 atom stereocenters. The molecule has 0 aliphatic carbocycles. The monoisotopic (exact) mass is 336 g/mol. The summed E-state index contributed by atoms with van der Waals surface area (Å²) >= 11 is 0. The number of methoxy groups -OCH3 is 1. The molecule has 1 aromatic carbocycles. The van der Waals surface area contributed by atoms with E-state index in [1.54, 1.807) is 24.3 Å². The predicted octanol–water partition coefficient (Wildman–Crippen LogP) is 1.52. The summed E-state index contributed by atoms with van der Waals surface area (Å²) < 4.78 is 4.67. The van der Waals surface area contributed by atoms with Gasteiger partial charge in [0.15, 0.2) is 5.69 Å². The van der Waals surface area contributed by atoms with Crippen molar-refractivity contribution >= 4 is 30.0 Å². The Morgan fingerprint density at radius 3 is 2.96 bits per heavy atom. The van der Waals surface area contributed by atoms with Crippen molar-refractivity contribution in [3.05, 3.63) is 46.8 Å². The minimum absolute atomic E-state index is 0. The van der Waals surface area contributed by atoms with E-state index >= 15 is 0 Å². The third-order valence-electron chi connectivity index (χ3n) is 3.56. The number of hydrogen-bond acceptors (Lipinski definition) is 5. The van der Waals surface area contributed by atoms with Crippen molar-refractivity contribution in [2.75, 3.05) is 19.0 Å². The van der Waals surface area contributed by atoms with Crippen LogP contribution in [0.3, 0.4) is 0 Å². The molecule has 0 radical (unpaired) electrons. The Morgan fingerprint density at radius 1 is 1.35 bits per heavy atom. The lowest BCUT2D eigenvalue weighted by Crippen LogP contribution is -2.25. The number of carbonyl (C=O) groups is 2. The van der Waals surface area contributed by atoms with E-state index in [-0.39, 0.29) is 18.3 Å². The Morgan fingerprint density at radius 2 is 2.17 bits per heavy atom. The number of rotatable bonds is 3. The minimum Gasteiger partial charge on any atom is -0.465 e. The van der Waals surface area contributed by atoms with Gasteiger partial charge in [-0.2, -0.15) is 5.10 Å². The van der Waals surface area contributed by atoms with Gasteiger partial charge >= 0.3 is 5.97 Å². The third kappa shape index (κ3) is 3.52. The molecular weight excluding hydrogens is 320 g/mol. The fourth-order valence-corrected chi connectivity index (χ4v) is 2.45. The van der Waals surface area contributed by atoms with Crippen molar-refractivity contribution in [3.8, 4) is 0 Å². The van der Waals surface area contributed by atoms with Crippen molar-refractivity contribution in [2.45, 2.75) is 13.0 Å². The van der Waals surface area contributed by atoms with Crippen molar-refractivity contribution in [1.29, 1.82) is 0 Å². The number of amides is 1. The van der Waals surface area contributed by atoms with E-state index in [0.29, 0.717) is 23.5 Å². The maximum Gasteiger partial charge on any atom is 0.337 e. The van der Waals surface area contributed by atoms with Gasteiger partial charge in [0, 0.05) is 36.5 Å². The molecule has 0 spiro atoms. The molecule has 122 valence electrons. The first kappa shape index (κ1) is 17.0. The average molecular weight is 337 g/mol. The first-order valence-corrected chi connectivity index (χ1v) is 6.95. The van der Waals surface area contributed by atoms with Gasteiger partial charge in [0.1, 0.15) is 0 Å². The van der Waals surface area contributed by atoms with E-state index in [0.717, 1.165) is 24.2 Å². The zero-order valence-corrected chi connectivity index (χ0v) is 13.3. The number of nitrogens with zero attached hydrogens (tertiary/aromatic N) is 1. The lowest BCUT2D eigenvalue weighted by molar-refractivity contribution is 0.0600. The van der Waals surface area contributed by atoms with E-state index in [2.05, 4.69) is 25.6 Å². The van der Waals surface area contributed by atoms with Crippen LogP contribution in [0.25, 0.3) is 0 Å². The summed E-state index contributed by atoms with van der Waals surface area (Å²) in [5.74, 6) is -0.749. The fraction of sp³-hybridized carbons (Fsp3) is 0.267. The number of hydrogen-bond donors (Lipinski definition) is 3. The van der Waals surface area contributed by atoms with E-state index in [9.17, 15) is 9.59 Å². The number of esters is 1. The number of aromatic nitrogens is 2. The first-order chi connectivity index (χ1) is 10.7. The van der Waals surface area contributed by atoms with E-state index < -0.39 is 5.97 Å². The summed E-state index contributed by atoms with van der Waals surface area (Å²) in [6, 6.07) is 6.59. The Bertz CT molecular complexity index is 729. The van der Waals surface area contributed by atoms with Gasteiger partial charge < -0.3 is 15.4 Å². The van der Waals surface area contributed by atoms with Gasteiger partial charge in [0.2, 0.25) is 0 Å². The Kier molecular flexibility index (Phi) is 5.36. The number of benzene rings is 1. The highest BCUT2D eigenvalue weighted by atomic mass is 35.5. The van der Waals surface area contributed by atoms with Crippen LogP contribution < -0.4 is 10.6 Å². The van der Waals surface area contributed by atoms with Crippen LogP contribution in [-0.2, 0) is 17.7 Å². The molecule has 0 fully saturated rings. The molecule has 1 amide bonds. The molecule has 7 nitrogen and oxygen atoms in total. The second-order valence-electron chi connectivity index (χ2n) is 4.98. The molecular formula is C15H17ClN4O3. The van der Waals surface area contributed by atoms with Crippen LogP contribution >= 0.6 is 12.4 Å². The highest BCUT2D eigenvalue weighted by molar-refractivity contribution is 6.04. The molecule has 1 aliphatic rings. The summed E-state index contributed by atoms with van der Waals surface area (Å²) in [6.07, 6.45) is 0.827. The quantitative estimate of drug-likeness (QED) is 0.738. The number of ether oxygens (including phenoxy) is 1. The van der Waals surface area contributed by atoms with E-state index in [4.69, 9.17) is 0 Å². The minimum atomic E-state index is -0.447. The molecule has 1 aromatic heterocycles. The predicted molar refractivity (Wildman–Crippen MR) is 87.0 cm³/mol. The van der Waals surface area contributed by atoms with Crippen LogP contribution in [0.1, 0.15) is 32.1 Å². The summed E-state index contributed by atoms with van der Waals surface area (Å²) in [5.41, 5.74) is 3.17. The number of anilines is 1. The zero-order valence-electron chi connectivity index (χ0n) is 12.5. The lowest BCUT2D eigenvalue weighted by atomic mass is 10.1. The van der Waals surface area contributed by atoms with Crippen LogP contribution in [-0.4, -0.2) is 35.7 Å². The van der Waals surface area contributed by atoms with Crippen molar-refractivity contribution in [2.24, 2.45) is 0 Å². The summed E-state index contributed by atoms with van der Waals surface area (Å²) in [4.78, 5) is 23.9. The van der Waals surface area contributed by atoms with Gasteiger partial charge in [-0.25, -0.2) is 4.79 Å². The Hall–Kier alpha value is -2.38. The van der Waals surface area contributed by atoms with Crippen LogP contribution in [0.5, 0.6) is 0 Å². The highest BCUT2D eigenvalue weighted by Gasteiger charge is 2.21. The number of H-pyrrole nitrogens is 1. The number of nitrogens with one attached hydrogen (secondary N) is 3. The van der Waals surface area contributed by atoms with Gasteiger partial charge in [-0.05, 0) is 18.2 Å². The van der Waals surface area contributed by atoms with E-state index in [1.165, 1.54) is 7.11 Å². The van der Waals surface area contributed by atoms with Crippen LogP contribution in [0.4, 0.5) is 5.69 Å². The molecule has 0 saturated heterocycles. The summed E-state index contributed by atoms with van der Waals surface area (Å²) in [7, 11) is 1.32. The number of aromatic amines is 1. The van der Waals surface area contributed by atoms with E-state index in [1.807, 2.05) is 0 Å². The number of halogens is 1.